The summed E-state index contributed by atoms with van der Waals surface area (Å²) >= 11 is 0. The molecule has 0 aromatic heterocycles. The maximum Gasteiger partial charge on any atom is 0.407 e. The maximum absolute atomic E-state index is 11.5. The Morgan fingerprint density at radius 3 is 2.35 bits per heavy atom. The Balaban J connectivity index is 2.68. The van der Waals surface area contributed by atoms with E-state index in [9.17, 15) is 9.59 Å². The van der Waals surface area contributed by atoms with E-state index in [4.69, 9.17) is 9.84 Å². The topological polar surface area (TPSA) is 75.6 Å². The standard InChI is InChI=1S/C15H19NO4/c1-15(2,3)20-14(19)16-10-12(13(17)18)9-11-7-5-4-6-8-11/h4-9H,10H2,1-3H3,(H,16,19)(H,17,18)/b12-9+. The number of hydrogen-bond donors (Lipinski definition) is 2. The van der Waals surface area contributed by atoms with Gasteiger partial charge in [-0.15, -0.1) is 0 Å². The molecule has 20 heavy (non-hydrogen) atoms. The van der Waals surface area contributed by atoms with Crippen molar-refractivity contribution in [2.45, 2.75) is 26.4 Å². The number of rotatable bonds is 4. The zero-order chi connectivity index (χ0) is 15.2. The van der Waals surface area contributed by atoms with E-state index in [0.29, 0.717) is 0 Å². The average molecular weight is 277 g/mol. The molecule has 0 saturated carbocycles. The van der Waals surface area contributed by atoms with Gasteiger partial charge in [0.25, 0.3) is 0 Å². The second-order valence-electron chi connectivity index (χ2n) is 5.24. The number of nitrogens with one attached hydrogen (secondary N) is 1. The van der Waals surface area contributed by atoms with Crippen molar-refractivity contribution in [2.75, 3.05) is 6.54 Å². The molecule has 0 aliphatic rings. The van der Waals surface area contributed by atoms with Crippen molar-refractivity contribution >= 4 is 18.1 Å². The van der Waals surface area contributed by atoms with E-state index in [-0.39, 0.29) is 12.1 Å². The van der Waals surface area contributed by atoms with Crippen LogP contribution in [0, 0.1) is 0 Å². The number of benzene rings is 1. The van der Waals surface area contributed by atoms with Crippen LogP contribution in [0.4, 0.5) is 4.79 Å². The zero-order valence-electron chi connectivity index (χ0n) is 11.8. The number of alkyl carbamates (subject to hydrolysis) is 1. The van der Waals surface area contributed by atoms with Gasteiger partial charge >= 0.3 is 12.1 Å². The number of hydrogen-bond acceptors (Lipinski definition) is 3. The number of ether oxygens (including phenoxy) is 1. The summed E-state index contributed by atoms with van der Waals surface area (Å²) in [6.45, 7) is 5.12. The predicted molar refractivity (Wildman–Crippen MR) is 76.3 cm³/mol. The first kappa shape index (κ1) is 15.8. The van der Waals surface area contributed by atoms with Gasteiger partial charge in [-0.25, -0.2) is 9.59 Å². The Kier molecular flexibility index (Phi) is 5.32. The van der Waals surface area contributed by atoms with E-state index in [2.05, 4.69) is 5.32 Å². The SMILES string of the molecule is CC(C)(C)OC(=O)NC/C(=C\c1ccccc1)C(=O)O. The number of carbonyl (C=O) groups excluding carboxylic acids is 1. The minimum absolute atomic E-state index is 0.0852. The Bertz CT molecular complexity index is 500. The first-order chi connectivity index (χ1) is 9.28. The van der Waals surface area contributed by atoms with Crippen molar-refractivity contribution in [3.63, 3.8) is 0 Å². The predicted octanol–water partition coefficient (Wildman–Crippen LogP) is 2.68. The van der Waals surface area contributed by atoms with Crippen molar-refractivity contribution in [1.82, 2.24) is 5.32 Å². The van der Waals surface area contributed by atoms with Crippen molar-refractivity contribution in [1.29, 1.82) is 0 Å². The number of carboxylic acids is 1. The van der Waals surface area contributed by atoms with E-state index in [1.807, 2.05) is 18.2 Å². The molecule has 0 spiro atoms. The van der Waals surface area contributed by atoms with Gasteiger partial charge in [-0.05, 0) is 32.4 Å². The van der Waals surface area contributed by atoms with Crippen LogP contribution in [0.2, 0.25) is 0 Å². The second-order valence-corrected chi connectivity index (χ2v) is 5.24. The lowest BCUT2D eigenvalue weighted by Gasteiger charge is -2.19. The number of aliphatic carboxylic acids is 1. The summed E-state index contributed by atoms with van der Waals surface area (Å²) in [5.41, 5.74) is 0.231. The molecule has 0 unspecified atom stereocenters. The molecule has 5 heteroatoms. The fourth-order valence-corrected chi connectivity index (χ4v) is 1.42. The van der Waals surface area contributed by atoms with Crippen LogP contribution < -0.4 is 5.32 Å². The first-order valence-electron chi connectivity index (χ1n) is 6.24. The minimum atomic E-state index is -1.08. The van der Waals surface area contributed by atoms with Crippen molar-refractivity contribution in [3.8, 4) is 0 Å². The van der Waals surface area contributed by atoms with Gasteiger partial charge in [-0.3, -0.25) is 0 Å². The molecule has 0 aliphatic heterocycles. The molecule has 0 aliphatic carbocycles. The lowest BCUT2D eigenvalue weighted by atomic mass is 10.1. The summed E-state index contributed by atoms with van der Waals surface area (Å²) in [6, 6.07) is 9.04. The highest BCUT2D eigenvalue weighted by molar-refractivity contribution is 5.93. The van der Waals surface area contributed by atoms with Gasteiger partial charge in [0, 0.05) is 0 Å². The molecule has 5 nitrogen and oxygen atoms in total. The summed E-state index contributed by atoms with van der Waals surface area (Å²) in [6.07, 6.45) is 0.873. The van der Waals surface area contributed by atoms with Gasteiger partial charge in [0.2, 0.25) is 0 Å². The Hall–Kier alpha value is -2.30. The Labute approximate surface area is 118 Å². The molecule has 0 saturated heterocycles. The molecule has 0 atom stereocenters. The van der Waals surface area contributed by atoms with Gasteiger partial charge in [0.1, 0.15) is 5.60 Å². The molecule has 0 radical (unpaired) electrons. The zero-order valence-corrected chi connectivity index (χ0v) is 11.8. The molecule has 1 amide bonds. The van der Waals surface area contributed by atoms with Crippen molar-refractivity contribution in [2.24, 2.45) is 0 Å². The van der Waals surface area contributed by atoms with E-state index in [0.717, 1.165) is 5.56 Å². The van der Waals surface area contributed by atoms with E-state index in [1.165, 1.54) is 6.08 Å². The molecule has 1 aromatic carbocycles. The molecule has 2 N–H and O–H groups in total. The number of carbonyl (C=O) groups is 2. The lowest BCUT2D eigenvalue weighted by Crippen LogP contribution is -2.34. The molecule has 0 heterocycles. The molecule has 1 rings (SSSR count). The van der Waals surface area contributed by atoms with Crippen LogP contribution in [0.15, 0.2) is 35.9 Å². The van der Waals surface area contributed by atoms with Crippen LogP contribution in [-0.4, -0.2) is 29.3 Å². The monoisotopic (exact) mass is 277 g/mol. The van der Waals surface area contributed by atoms with Gasteiger partial charge in [0.05, 0.1) is 12.1 Å². The molecule has 108 valence electrons. The van der Waals surface area contributed by atoms with Gasteiger partial charge in [-0.2, -0.15) is 0 Å². The van der Waals surface area contributed by atoms with Gasteiger partial charge in [-0.1, -0.05) is 30.3 Å². The normalized spacial score (nSPS) is 11.8. The summed E-state index contributed by atoms with van der Waals surface area (Å²) in [5, 5.41) is 11.6. The van der Waals surface area contributed by atoms with Crippen molar-refractivity contribution in [3.05, 3.63) is 41.5 Å². The fraction of sp³-hybridized carbons (Fsp3) is 0.333. The number of amides is 1. The minimum Gasteiger partial charge on any atom is -0.478 e. The third-order valence-corrected chi connectivity index (χ3v) is 2.24. The first-order valence-corrected chi connectivity index (χ1v) is 6.24. The van der Waals surface area contributed by atoms with E-state index < -0.39 is 17.7 Å². The highest BCUT2D eigenvalue weighted by Gasteiger charge is 2.17. The van der Waals surface area contributed by atoms with Crippen LogP contribution in [0.3, 0.4) is 0 Å². The second kappa shape index (κ2) is 6.75. The Morgan fingerprint density at radius 2 is 1.85 bits per heavy atom. The smallest absolute Gasteiger partial charge is 0.407 e. The molecular formula is C15H19NO4. The summed E-state index contributed by atoms with van der Waals surface area (Å²) in [4.78, 5) is 22.6. The molecule has 1 aromatic rings. The van der Waals surface area contributed by atoms with E-state index >= 15 is 0 Å². The van der Waals surface area contributed by atoms with Crippen LogP contribution in [0.25, 0.3) is 6.08 Å². The fourth-order valence-electron chi connectivity index (χ4n) is 1.42. The third kappa shape index (κ3) is 6.04. The van der Waals surface area contributed by atoms with Crippen LogP contribution in [0.5, 0.6) is 0 Å². The summed E-state index contributed by atoms with van der Waals surface area (Å²) in [5.74, 6) is -1.08. The average Bonchev–Trinajstić information content (AvgIpc) is 2.33. The molecule has 0 bridgehead atoms. The van der Waals surface area contributed by atoms with Crippen LogP contribution in [-0.2, 0) is 9.53 Å². The van der Waals surface area contributed by atoms with Crippen LogP contribution >= 0.6 is 0 Å². The maximum atomic E-state index is 11.5. The highest BCUT2D eigenvalue weighted by Crippen LogP contribution is 2.08. The molecule has 0 fully saturated rings. The Morgan fingerprint density at radius 1 is 1.25 bits per heavy atom. The van der Waals surface area contributed by atoms with E-state index in [1.54, 1.807) is 32.9 Å². The molecular weight excluding hydrogens is 258 g/mol. The largest absolute Gasteiger partial charge is 0.478 e. The van der Waals surface area contributed by atoms with Gasteiger partial charge in [0.15, 0.2) is 0 Å². The van der Waals surface area contributed by atoms with Gasteiger partial charge < -0.3 is 15.2 Å². The number of carboxylic acid groups (broad SMARTS) is 1. The lowest BCUT2D eigenvalue weighted by molar-refractivity contribution is -0.132. The summed E-state index contributed by atoms with van der Waals surface area (Å²) < 4.78 is 5.05. The van der Waals surface area contributed by atoms with Crippen molar-refractivity contribution < 1.29 is 19.4 Å². The quantitative estimate of drug-likeness (QED) is 0.830. The highest BCUT2D eigenvalue weighted by atomic mass is 16.6. The summed E-state index contributed by atoms with van der Waals surface area (Å²) in [7, 11) is 0. The van der Waals surface area contributed by atoms with Crippen LogP contribution in [0.1, 0.15) is 26.3 Å². The third-order valence-electron chi connectivity index (χ3n) is 2.24.